The van der Waals surface area contributed by atoms with Gasteiger partial charge in [0.15, 0.2) is 0 Å². The molecule has 3 N–H and O–H groups in total. The molecular weight excluding hydrogens is 242 g/mol. The van der Waals surface area contributed by atoms with Gasteiger partial charge in [-0.2, -0.15) is 0 Å². The van der Waals surface area contributed by atoms with E-state index in [1.165, 1.54) is 0 Å². The van der Waals surface area contributed by atoms with Crippen LogP contribution in [-0.2, 0) is 4.79 Å². The Kier molecular flexibility index (Phi) is 4.07. The Morgan fingerprint density at radius 3 is 2.89 bits per heavy atom. The number of anilines is 1. The molecule has 0 aromatic heterocycles. The molecule has 2 rings (SSSR count). The van der Waals surface area contributed by atoms with Gasteiger partial charge in [0, 0.05) is 30.4 Å². The average Bonchev–Trinajstić information content (AvgIpc) is 2.36. The van der Waals surface area contributed by atoms with E-state index in [2.05, 4.69) is 17.1 Å². The summed E-state index contributed by atoms with van der Waals surface area (Å²) in [5.41, 5.74) is 6.72. The lowest BCUT2D eigenvalue weighted by Crippen LogP contribution is -2.67. The van der Waals surface area contributed by atoms with Crippen LogP contribution in [0.5, 0.6) is 5.75 Å². The minimum absolute atomic E-state index is 0.0218. The Morgan fingerprint density at radius 2 is 2.26 bits per heavy atom. The van der Waals surface area contributed by atoms with Gasteiger partial charge in [-0.1, -0.05) is 13.0 Å². The molecule has 19 heavy (non-hydrogen) atoms. The molecule has 0 atom stereocenters. The minimum atomic E-state index is -0.101. The van der Waals surface area contributed by atoms with Crippen LogP contribution in [0.4, 0.5) is 5.69 Å². The van der Waals surface area contributed by atoms with E-state index >= 15 is 0 Å². The fourth-order valence-electron chi connectivity index (χ4n) is 2.28. The summed E-state index contributed by atoms with van der Waals surface area (Å²) in [5.74, 6) is 0.708. The third kappa shape index (κ3) is 3.45. The summed E-state index contributed by atoms with van der Waals surface area (Å²) in [4.78, 5) is 13.9. The highest BCUT2D eigenvalue weighted by molar-refractivity contribution is 5.92. The number of nitrogens with zero attached hydrogens (tertiary/aromatic N) is 1. The van der Waals surface area contributed by atoms with Gasteiger partial charge in [-0.15, -0.1) is 0 Å². The number of nitrogens with two attached hydrogens (primary N) is 1. The molecule has 5 heteroatoms. The van der Waals surface area contributed by atoms with Crippen LogP contribution in [0.15, 0.2) is 24.3 Å². The number of carbonyl (C=O) groups is 1. The van der Waals surface area contributed by atoms with Crippen molar-refractivity contribution < 1.29 is 9.53 Å². The number of carbonyl (C=O) groups excluding carboxylic acids is 1. The van der Waals surface area contributed by atoms with Crippen molar-refractivity contribution in [2.45, 2.75) is 18.9 Å². The summed E-state index contributed by atoms with van der Waals surface area (Å²) in [5, 5.41) is 2.86. The Hall–Kier alpha value is -1.59. The lowest BCUT2D eigenvalue weighted by molar-refractivity contribution is -0.119. The van der Waals surface area contributed by atoms with E-state index in [1.54, 1.807) is 13.2 Å². The fourth-order valence-corrected chi connectivity index (χ4v) is 2.28. The predicted molar refractivity (Wildman–Crippen MR) is 75.3 cm³/mol. The second kappa shape index (κ2) is 5.59. The third-order valence-corrected chi connectivity index (χ3v) is 3.50. The van der Waals surface area contributed by atoms with E-state index in [9.17, 15) is 4.79 Å². The maximum Gasteiger partial charge on any atom is 0.238 e. The van der Waals surface area contributed by atoms with Gasteiger partial charge >= 0.3 is 0 Å². The van der Waals surface area contributed by atoms with Crippen molar-refractivity contribution in [1.82, 2.24) is 4.90 Å². The largest absolute Gasteiger partial charge is 0.497 e. The first kappa shape index (κ1) is 13.8. The first-order valence-corrected chi connectivity index (χ1v) is 6.50. The molecule has 1 aliphatic rings. The van der Waals surface area contributed by atoms with Gasteiger partial charge in [0.2, 0.25) is 5.91 Å². The molecule has 0 radical (unpaired) electrons. The van der Waals surface area contributed by atoms with Crippen molar-refractivity contribution in [3.05, 3.63) is 24.3 Å². The van der Waals surface area contributed by atoms with E-state index in [-0.39, 0.29) is 11.4 Å². The lowest BCUT2D eigenvalue weighted by Gasteiger charge is -2.47. The van der Waals surface area contributed by atoms with Gasteiger partial charge in [0.25, 0.3) is 0 Å². The summed E-state index contributed by atoms with van der Waals surface area (Å²) < 4.78 is 5.11. The van der Waals surface area contributed by atoms with E-state index in [0.29, 0.717) is 6.54 Å². The number of methoxy groups -OCH3 is 1. The van der Waals surface area contributed by atoms with Crippen LogP contribution >= 0.6 is 0 Å². The zero-order valence-corrected chi connectivity index (χ0v) is 11.5. The number of nitrogens with one attached hydrogen (secondary N) is 1. The van der Waals surface area contributed by atoms with E-state index in [0.717, 1.165) is 30.9 Å². The number of likely N-dealkylation sites (tertiary alicyclic amines) is 1. The van der Waals surface area contributed by atoms with Gasteiger partial charge in [-0.05, 0) is 18.6 Å². The molecular formula is C14H21N3O2. The summed E-state index contributed by atoms with van der Waals surface area (Å²) in [6.45, 7) is 4.04. The molecule has 1 aliphatic heterocycles. The van der Waals surface area contributed by atoms with E-state index in [4.69, 9.17) is 10.5 Å². The highest BCUT2D eigenvalue weighted by atomic mass is 16.5. The zero-order valence-electron chi connectivity index (χ0n) is 11.5. The van der Waals surface area contributed by atoms with Crippen molar-refractivity contribution in [2.24, 2.45) is 5.73 Å². The summed E-state index contributed by atoms with van der Waals surface area (Å²) in [6.07, 6.45) is 0.945. The molecule has 1 saturated heterocycles. The summed E-state index contributed by atoms with van der Waals surface area (Å²) in [6, 6.07) is 7.33. The second-order valence-corrected chi connectivity index (χ2v) is 5.14. The van der Waals surface area contributed by atoms with Crippen LogP contribution in [0.25, 0.3) is 0 Å². The number of hydrogen-bond donors (Lipinski definition) is 2. The average molecular weight is 263 g/mol. The Balaban J connectivity index is 1.82. The number of ether oxygens (including phenoxy) is 1. The number of amides is 1. The highest BCUT2D eigenvalue weighted by Crippen LogP contribution is 2.21. The van der Waals surface area contributed by atoms with Crippen molar-refractivity contribution in [2.75, 3.05) is 32.1 Å². The molecule has 5 nitrogen and oxygen atoms in total. The Labute approximate surface area is 113 Å². The maximum atomic E-state index is 11.9. The minimum Gasteiger partial charge on any atom is -0.497 e. The van der Waals surface area contributed by atoms with Gasteiger partial charge in [0.05, 0.1) is 13.7 Å². The molecule has 1 aromatic carbocycles. The van der Waals surface area contributed by atoms with E-state index in [1.807, 2.05) is 18.2 Å². The normalized spacial score (nSPS) is 17.6. The van der Waals surface area contributed by atoms with Crippen LogP contribution < -0.4 is 15.8 Å². The predicted octanol–water partition coefficient (Wildman–Crippen LogP) is 1.06. The van der Waals surface area contributed by atoms with Crippen LogP contribution in [0, 0.1) is 0 Å². The SMILES string of the molecule is CCC1(N)CN(CC(=O)Nc2cccc(OC)c2)C1. The van der Waals surface area contributed by atoms with Crippen molar-refractivity contribution in [1.29, 1.82) is 0 Å². The first-order chi connectivity index (χ1) is 9.04. The standard InChI is InChI=1S/C14H21N3O2/c1-3-14(15)9-17(10-14)8-13(18)16-11-5-4-6-12(7-11)19-2/h4-7H,3,8-10,15H2,1-2H3,(H,16,18). The molecule has 104 valence electrons. The molecule has 0 bridgehead atoms. The smallest absolute Gasteiger partial charge is 0.238 e. The summed E-state index contributed by atoms with van der Waals surface area (Å²) in [7, 11) is 1.60. The molecule has 1 fully saturated rings. The molecule has 0 saturated carbocycles. The lowest BCUT2D eigenvalue weighted by atomic mass is 9.88. The van der Waals surface area contributed by atoms with E-state index < -0.39 is 0 Å². The monoisotopic (exact) mass is 263 g/mol. The Morgan fingerprint density at radius 1 is 1.53 bits per heavy atom. The number of benzene rings is 1. The molecule has 1 amide bonds. The van der Waals surface area contributed by atoms with Gasteiger partial charge in [0.1, 0.15) is 5.75 Å². The topological polar surface area (TPSA) is 67.6 Å². The number of rotatable bonds is 5. The molecule has 1 heterocycles. The second-order valence-electron chi connectivity index (χ2n) is 5.14. The van der Waals surface area contributed by atoms with Crippen LogP contribution in [0.1, 0.15) is 13.3 Å². The third-order valence-electron chi connectivity index (χ3n) is 3.50. The zero-order chi connectivity index (χ0) is 13.9. The van der Waals surface area contributed by atoms with Crippen LogP contribution in [0.3, 0.4) is 0 Å². The molecule has 0 unspecified atom stereocenters. The fraction of sp³-hybridized carbons (Fsp3) is 0.500. The van der Waals surface area contributed by atoms with Crippen molar-refractivity contribution in [3.8, 4) is 5.75 Å². The van der Waals surface area contributed by atoms with Gasteiger partial charge in [-0.25, -0.2) is 0 Å². The molecule has 0 spiro atoms. The maximum absolute atomic E-state index is 11.9. The number of hydrogen-bond acceptors (Lipinski definition) is 4. The molecule has 1 aromatic rings. The van der Waals surface area contributed by atoms with Crippen molar-refractivity contribution in [3.63, 3.8) is 0 Å². The summed E-state index contributed by atoms with van der Waals surface area (Å²) >= 11 is 0. The quantitative estimate of drug-likeness (QED) is 0.833. The highest BCUT2D eigenvalue weighted by Gasteiger charge is 2.38. The Bertz CT molecular complexity index is 456. The van der Waals surface area contributed by atoms with Crippen LogP contribution in [0.2, 0.25) is 0 Å². The molecule has 0 aliphatic carbocycles. The van der Waals surface area contributed by atoms with Crippen LogP contribution in [-0.4, -0.2) is 43.1 Å². The van der Waals surface area contributed by atoms with Crippen molar-refractivity contribution >= 4 is 11.6 Å². The first-order valence-electron chi connectivity index (χ1n) is 6.50. The van der Waals surface area contributed by atoms with Gasteiger partial charge in [-0.3, -0.25) is 9.69 Å². The van der Waals surface area contributed by atoms with Gasteiger partial charge < -0.3 is 15.8 Å².